The number of rotatable bonds is 4. The van der Waals surface area contributed by atoms with Gasteiger partial charge in [-0.15, -0.1) is 0 Å². The van der Waals surface area contributed by atoms with Crippen molar-refractivity contribution in [3.8, 4) is 0 Å². The van der Waals surface area contributed by atoms with Crippen LogP contribution in [-0.4, -0.2) is 16.8 Å². The first-order chi connectivity index (χ1) is 8.20. The van der Waals surface area contributed by atoms with E-state index < -0.39 is 5.82 Å². The molecule has 0 atom stereocenters. The van der Waals surface area contributed by atoms with Crippen molar-refractivity contribution in [1.29, 1.82) is 0 Å². The summed E-state index contributed by atoms with van der Waals surface area (Å²) in [5.41, 5.74) is 1.90. The van der Waals surface area contributed by atoms with Gasteiger partial charge in [0.15, 0.2) is 0 Å². The van der Waals surface area contributed by atoms with Crippen molar-refractivity contribution in [1.82, 2.24) is 15.1 Å². The summed E-state index contributed by atoms with van der Waals surface area (Å²) >= 11 is 5.64. The molecule has 2 aromatic rings. The maximum atomic E-state index is 13.3. The van der Waals surface area contributed by atoms with E-state index in [9.17, 15) is 4.39 Å². The lowest BCUT2D eigenvalue weighted by atomic mass is 10.2. The Bertz CT molecular complexity index is 510. The Morgan fingerprint density at radius 2 is 2.24 bits per heavy atom. The minimum absolute atomic E-state index is 0.143. The quantitative estimate of drug-likeness (QED) is 0.907. The van der Waals surface area contributed by atoms with Crippen LogP contribution in [0.5, 0.6) is 0 Å². The van der Waals surface area contributed by atoms with Crippen LogP contribution in [0.15, 0.2) is 30.5 Å². The SMILES string of the molecule is CNCc1ccnn1Cc1ccc(Cl)c(F)c1. The van der Waals surface area contributed by atoms with Crippen LogP contribution in [0.4, 0.5) is 4.39 Å². The summed E-state index contributed by atoms with van der Waals surface area (Å²) in [5, 5.41) is 7.41. The molecule has 0 unspecified atom stereocenters. The second-order valence-corrected chi connectivity index (χ2v) is 4.17. The maximum Gasteiger partial charge on any atom is 0.142 e. The van der Waals surface area contributed by atoms with Crippen molar-refractivity contribution in [2.24, 2.45) is 0 Å². The Kier molecular flexibility index (Phi) is 3.76. The van der Waals surface area contributed by atoms with Gasteiger partial charge in [-0.1, -0.05) is 17.7 Å². The fourth-order valence-corrected chi connectivity index (χ4v) is 1.76. The molecule has 0 aliphatic heterocycles. The second kappa shape index (κ2) is 5.29. The van der Waals surface area contributed by atoms with Crippen LogP contribution in [0.25, 0.3) is 0 Å². The Morgan fingerprint density at radius 1 is 1.41 bits per heavy atom. The van der Waals surface area contributed by atoms with E-state index in [-0.39, 0.29) is 5.02 Å². The zero-order valence-corrected chi connectivity index (χ0v) is 10.2. The number of nitrogens with zero attached hydrogens (tertiary/aromatic N) is 2. The highest BCUT2D eigenvalue weighted by Gasteiger charge is 2.05. The molecule has 0 radical (unpaired) electrons. The molecular weight excluding hydrogens is 241 g/mol. The number of hydrogen-bond donors (Lipinski definition) is 1. The predicted octanol–water partition coefficient (Wildman–Crippen LogP) is 2.44. The third-order valence-electron chi connectivity index (χ3n) is 2.48. The smallest absolute Gasteiger partial charge is 0.142 e. The maximum absolute atomic E-state index is 13.3. The number of halogens is 2. The Balaban J connectivity index is 2.19. The molecule has 3 nitrogen and oxygen atoms in total. The minimum atomic E-state index is -0.397. The van der Waals surface area contributed by atoms with Gasteiger partial charge in [-0.05, 0) is 30.8 Å². The first kappa shape index (κ1) is 12.1. The van der Waals surface area contributed by atoms with E-state index in [1.165, 1.54) is 6.07 Å². The Labute approximate surface area is 104 Å². The molecule has 0 amide bonds. The average molecular weight is 254 g/mol. The van der Waals surface area contributed by atoms with E-state index in [4.69, 9.17) is 11.6 Å². The summed E-state index contributed by atoms with van der Waals surface area (Å²) in [5.74, 6) is -0.397. The van der Waals surface area contributed by atoms with Crippen molar-refractivity contribution >= 4 is 11.6 Å². The molecule has 0 saturated heterocycles. The predicted molar refractivity (Wildman–Crippen MR) is 65.5 cm³/mol. The van der Waals surface area contributed by atoms with E-state index in [1.54, 1.807) is 18.3 Å². The molecule has 0 bridgehead atoms. The highest BCUT2D eigenvalue weighted by atomic mass is 35.5. The second-order valence-electron chi connectivity index (χ2n) is 3.76. The van der Waals surface area contributed by atoms with Crippen molar-refractivity contribution in [3.63, 3.8) is 0 Å². The van der Waals surface area contributed by atoms with Gasteiger partial charge in [-0.2, -0.15) is 5.10 Å². The largest absolute Gasteiger partial charge is 0.314 e. The van der Waals surface area contributed by atoms with E-state index in [0.29, 0.717) is 6.54 Å². The van der Waals surface area contributed by atoms with Gasteiger partial charge in [0.05, 0.1) is 17.3 Å². The minimum Gasteiger partial charge on any atom is -0.314 e. The molecule has 1 heterocycles. The molecule has 0 saturated carbocycles. The number of aromatic nitrogens is 2. The molecule has 90 valence electrons. The van der Waals surface area contributed by atoms with Crippen LogP contribution < -0.4 is 5.32 Å². The van der Waals surface area contributed by atoms with Gasteiger partial charge in [0.2, 0.25) is 0 Å². The number of nitrogens with one attached hydrogen (secondary N) is 1. The Morgan fingerprint density at radius 3 is 2.94 bits per heavy atom. The Hall–Kier alpha value is -1.39. The first-order valence-corrected chi connectivity index (χ1v) is 5.67. The molecular formula is C12H13ClFN3. The van der Waals surface area contributed by atoms with Crippen molar-refractivity contribution in [2.45, 2.75) is 13.1 Å². The van der Waals surface area contributed by atoms with Gasteiger partial charge in [-0.3, -0.25) is 4.68 Å². The highest BCUT2D eigenvalue weighted by molar-refractivity contribution is 6.30. The van der Waals surface area contributed by atoms with Gasteiger partial charge in [-0.25, -0.2) is 4.39 Å². The van der Waals surface area contributed by atoms with Crippen LogP contribution in [0, 0.1) is 5.82 Å². The topological polar surface area (TPSA) is 29.9 Å². The first-order valence-electron chi connectivity index (χ1n) is 5.30. The van der Waals surface area contributed by atoms with Crippen molar-refractivity contribution < 1.29 is 4.39 Å². The summed E-state index contributed by atoms with van der Waals surface area (Å²) in [6.45, 7) is 1.27. The van der Waals surface area contributed by atoms with Crippen LogP contribution in [0.3, 0.4) is 0 Å². The molecule has 17 heavy (non-hydrogen) atoms. The summed E-state index contributed by atoms with van der Waals surface area (Å²) in [6, 6.07) is 6.74. The standard InChI is InChI=1S/C12H13ClFN3/c1-15-7-10-4-5-16-17(10)8-9-2-3-11(13)12(14)6-9/h2-6,15H,7-8H2,1H3. The third kappa shape index (κ3) is 2.84. The lowest BCUT2D eigenvalue weighted by Gasteiger charge is -2.07. The van der Waals surface area contributed by atoms with Crippen LogP contribution in [0.2, 0.25) is 5.02 Å². The van der Waals surface area contributed by atoms with Crippen molar-refractivity contribution in [2.75, 3.05) is 7.05 Å². The molecule has 0 fully saturated rings. The molecule has 0 spiro atoms. The third-order valence-corrected chi connectivity index (χ3v) is 2.79. The van der Waals surface area contributed by atoms with Gasteiger partial charge in [0, 0.05) is 12.7 Å². The van der Waals surface area contributed by atoms with Crippen molar-refractivity contribution in [3.05, 3.63) is 52.6 Å². The van der Waals surface area contributed by atoms with E-state index in [0.717, 1.165) is 17.8 Å². The number of hydrogen-bond acceptors (Lipinski definition) is 2. The molecule has 5 heteroatoms. The van der Waals surface area contributed by atoms with Crippen LogP contribution >= 0.6 is 11.6 Å². The molecule has 1 aromatic carbocycles. The normalized spacial score (nSPS) is 10.8. The zero-order valence-electron chi connectivity index (χ0n) is 9.45. The summed E-state index contributed by atoms with van der Waals surface area (Å²) < 4.78 is 15.1. The molecule has 1 aromatic heterocycles. The zero-order chi connectivity index (χ0) is 12.3. The number of benzene rings is 1. The molecule has 2 rings (SSSR count). The average Bonchev–Trinajstić information content (AvgIpc) is 2.72. The molecule has 0 aliphatic carbocycles. The lowest BCUT2D eigenvalue weighted by Crippen LogP contribution is -2.13. The lowest BCUT2D eigenvalue weighted by molar-refractivity contribution is 0.605. The summed E-state index contributed by atoms with van der Waals surface area (Å²) in [7, 11) is 1.87. The summed E-state index contributed by atoms with van der Waals surface area (Å²) in [4.78, 5) is 0. The van der Waals surface area contributed by atoms with Gasteiger partial charge in [0.1, 0.15) is 5.82 Å². The fraction of sp³-hybridized carbons (Fsp3) is 0.250. The van der Waals surface area contributed by atoms with E-state index in [1.807, 2.05) is 17.8 Å². The molecule has 0 aliphatic rings. The molecule has 1 N–H and O–H groups in total. The van der Waals surface area contributed by atoms with E-state index in [2.05, 4.69) is 10.4 Å². The fourth-order valence-electron chi connectivity index (χ4n) is 1.64. The van der Waals surface area contributed by atoms with Gasteiger partial charge < -0.3 is 5.32 Å². The van der Waals surface area contributed by atoms with Crippen LogP contribution in [-0.2, 0) is 13.1 Å². The van der Waals surface area contributed by atoms with Crippen LogP contribution in [0.1, 0.15) is 11.3 Å². The van der Waals surface area contributed by atoms with Gasteiger partial charge in [0.25, 0.3) is 0 Å². The van der Waals surface area contributed by atoms with Gasteiger partial charge >= 0.3 is 0 Å². The van der Waals surface area contributed by atoms with E-state index >= 15 is 0 Å². The highest BCUT2D eigenvalue weighted by Crippen LogP contribution is 2.16. The summed E-state index contributed by atoms with van der Waals surface area (Å²) in [6.07, 6.45) is 1.74. The monoisotopic (exact) mass is 253 g/mol.